The number of aryl methyl sites for hydroxylation is 1. The van der Waals surface area contributed by atoms with E-state index in [0.717, 1.165) is 15.7 Å². The van der Waals surface area contributed by atoms with Gasteiger partial charge in [-0.05, 0) is 34.5 Å². The summed E-state index contributed by atoms with van der Waals surface area (Å²) < 4.78 is 1.01. The molecule has 5 heteroatoms. The first-order chi connectivity index (χ1) is 7.66. The standard InChI is InChI=1S/C11H9BrClN3/c1-7-3-2-4-8(11(7)12)15-10-6-14-5-9(13)16-10/h2-6H,1H3,(H,15,16). The Labute approximate surface area is 107 Å². The lowest BCUT2D eigenvalue weighted by molar-refractivity contribution is 1.20. The van der Waals surface area contributed by atoms with Crippen LogP contribution in [0.1, 0.15) is 5.56 Å². The molecule has 0 aliphatic carbocycles. The van der Waals surface area contributed by atoms with Crippen LogP contribution in [0, 0.1) is 6.92 Å². The van der Waals surface area contributed by atoms with E-state index in [1.807, 2.05) is 25.1 Å². The zero-order valence-corrected chi connectivity index (χ0v) is 10.9. The Hall–Kier alpha value is -1.13. The molecule has 0 aliphatic rings. The molecule has 0 amide bonds. The molecule has 2 rings (SSSR count). The SMILES string of the molecule is Cc1cccc(Nc2cncc(Cl)n2)c1Br. The highest BCUT2D eigenvalue weighted by molar-refractivity contribution is 9.10. The van der Waals surface area contributed by atoms with E-state index < -0.39 is 0 Å². The average Bonchev–Trinajstić information content (AvgIpc) is 2.25. The van der Waals surface area contributed by atoms with Crippen LogP contribution in [-0.2, 0) is 0 Å². The molecule has 16 heavy (non-hydrogen) atoms. The molecule has 0 atom stereocenters. The number of anilines is 2. The lowest BCUT2D eigenvalue weighted by Crippen LogP contribution is -1.96. The van der Waals surface area contributed by atoms with Gasteiger partial charge in [-0.2, -0.15) is 0 Å². The van der Waals surface area contributed by atoms with Gasteiger partial charge in [0.15, 0.2) is 5.82 Å². The van der Waals surface area contributed by atoms with Gasteiger partial charge in [0.25, 0.3) is 0 Å². The van der Waals surface area contributed by atoms with E-state index in [9.17, 15) is 0 Å². The molecule has 0 fully saturated rings. The molecule has 0 spiro atoms. The maximum Gasteiger partial charge on any atom is 0.150 e. The van der Waals surface area contributed by atoms with Crippen LogP contribution in [0.4, 0.5) is 11.5 Å². The van der Waals surface area contributed by atoms with E-state index in [1.54, 1.807) is 6.20 Å². The third-order valence-corrected chi connectivity index (χ3v) is 3.29. The van der Waals surface area contributed by atoms with Crippen molar-refractivity contribution in [2.45, 2.75) is 6.92 Å². The van der Waals surface area contributed by atoms with E-state index in [0.29, 0.717) is 11.0 Å². The quantitative estimate of drug-likeness (QED) is 0.912. The Morgan fingerprint density at radius 2 is 2.12 bits per heavy atom. The second-order valence-electron chi connectivity index (χ2n) is 3.29. The molecule has 0 aliphatic heterocycles. The fourth-order valence-corrected chi connectivity index (χ4v) is 1.80. The van der Waals surface area contributed by atoms with E-state index in [-0.39, 0.29) is 0 Å². The smallest absolute Gasteiger partial charge is 0.150 e. The molecular formula is C11H9BrClN3. The number of aromatic nitrogens is 2. The summed E-state index contributed by atoms with van der Waals surface area (Å²) in [6.07, 6.45) is 3.12. The topological polar surface area (TPSA) is 37.8 Å². The first-order valence-electron chi connectivity index (χ1n) is 4.66. The molecule has 3 nitrogen and oxygen atoms in total. The Morgan fingerprint density at radius 1 is 1.31 bits per heavy atom. The predicted molar refractivity (Wildman–Crippen MR) is 69.2 cm³/mol. The fourth-order valence-electron chi connectivity index (χ4n) is 1.28. The molecule has 0 bridgehead atoms. The van der Waals surface area contributed by atoms with Gasteiger partial charge in [-0.1, -0.05) is 23.7 Å². The van der Waals surface area contributed by atoms with E-state index in [1.165, 1.54) is 6.20 Å². The Morgan fingerprint density at radius 3 is 2.88 bits per heavy atom. The maximum atomic E-state index is 5.76. The van der Waals surface area contributed by atoms with Gasteiger partial charge in [0.05, 0.1) is 18.1 Å². The summed E-state index contributed by atoms with van der Waals surface area (Å²) >= 11 is 9.27. The van der Waals surface area contributed by atoms with Crippen molar-refractivity contribution in [3.8, 4) is 0 Å². The number of nitrogens with zero attached hydrogens (tertiary/aromatic N) is 2. The lowest BCUT2D eigenvalue weighted by atomic mass is 10.2. The Balaban J connectivity index is 2.31. The molecule has 2 aromatic rings. The van der Waals surface area contributed by atoms with Crippen LogP contribution >= 0.6 is 27.5 Å². The first kappa shape index (κ1) is 11.4. The lowest BCUT2D eigenvalue weighted by Gasteiger charge is -2.09. The molecule has 1 N–H and O–H groups in total. The molecule has 82 valence electrons. The number of benzene rings is 1. The van der Waals surface area contributed by atoms with Crippen molar-refractivity contribution in [3.05, 3.63) is 45.8 Å². The van der Waals surface area contributed by atoms with Crippen molar-refractivity contribution in [1.29, 1.82) is 0 Å². The van der Waals surface area contributed by atoms with E-state index >= 15 is 0 Å². The van der Waals surface area contributed by atoms with Crippen molar-refractivity contribution < 1.29 is 0 Å². The largest absolute Gasteiger partial charge is 0.338 e. The van der Waals surface area contributed by atoms with Crippen molar-refractivity contribution in [1.82, 2.24) is 9.97 Å². The third-order valence-electron chi connectivity index (χ3n) is 2.06. The Bertz CT molecular complexity index is 516. The van der Waals surface area contributed by atoms with Gasteiger partial charge in [-0.15, -0.1) is 0 Å². The van der Waals surface area contributed by atoms with Crippen LogP contribution < -0.4 is 5.32 Å². The normalized spacial score (nSPS) is 10.2. The Kier molecular flexibility index (Phi) is 3.41. The zero-order valence-electron chi connectivity index (χ0n) is 8.54. The van der Waals surface area contributed by atoms with Crippen LogP contribution in [0.15, 0.2) is 35.1 Å². The van der Waals surface area contributed by atoms with Crippen LogP contribution in [-0.4, -0.2) is 9.97 Å². The second kappa shape index (κ2) is 4.80. The van der Waals surface area contributed by atoms with Crippen molar-refractivity contribution in [3.63, 3.8) is 0 Å². The van der Waals surface area contributed by atoms with Gasteiger partial charge < -0.3 is 5.32 Å². The number of halogens is 2. The highest BCUT2D eigenvalue weighted by atomic mass is 79.9. The summed E-state index contributed by atoms with van der Waals surface area (Å²) in [5.74, 6) is 0.624. The number of nitrogens with one attached hydrogen (secondary N) is 1. The predicted octanol–water partition coefficient (Wildman–Crippen LogP) is 3.94. The highest BCUT2D eigenvalue weighted by Gasteiger charge is 2.03. The van der Waals surface area contributed by atoms with Crippen LogP contribution in [0.25, 0.3) is 0 Å². The van der Waals surface area contributed by atoms with Crippen molar-refractivity contribution in [2.75, 3.05) is 5.32 Å². The molecule has 0 unspecified atom stereocenters. The maximum absolute atomic E-state index is 5.76. The third kappa shape index (κ3) is 2.51. The molecule has 0 saturated heterocycles. The minimum absolute atomic E-state index is 0.369. The highest BCUT2D eigenvalue weighted by Crippen LogP contribution is 2.27. The molecule has 0 saturated carbocycles. The minimum Gasteiger partial charge on any atom is -0.338 e. The van der Waals surface area contributed by atoms with Gasteiger partial charge in [0.1, 0.15) is 5.15 Å². The molecule has 1 heterocycles. The van der Waals surface area contributed by atoms with Gasteiger partial charge in [-0.3, -0.25) is 4.98 Å². The molecular weight excluding hydrogens is 289 g/mol. The summed E-state index contributed by atoms with van der Waals surface area (Å²) in [4.78, 5) is 8.07. The summed E-state index contributed by atoms with van der Waals surface area (Å²) in [5, 5.41) is 3.52. The monoisotopic (exact) mass is 297 g/mol. The number of rotatable bonds is 2. The number of hydrogen-bond donors (Lipinski definition) is 1. The van der Waals surface area contributed by atoms with Gasteiger partial charge in [0, 0.05) is 4.47 Å². The van der Waals surface area contributed by atoms with Gasteiger partial charge in [0.2, 0.25) is 0 Å². The summed E-state index contributed by atoms with van der Waals surface area (Å²) in [5.41, 5.74) is 2.09. The van der Waals surface area contributed by atoms with Crippen LogP contribution in [0.3, 0.4) is 0 Å². The zero-order chi connectivity index (χ0) is 11.5. The summed E-state index contributed by atoms with van der Waals surface area (Å²) in [6.45, 7) is 2.03. The summed E-state index contributed by atoms with van der Waals surface area (Å²) in [7, 11) is 0. The van der Waals surface area contributed by atoms with E-state index in [2.05, 4.69) is 31.2 Å². The van der Waals surface area contributed by atoms with Crippen LogP contribution in [0.2, 0.25) is 5.15 Å². The van der Waals surface area contributed by atoms with Crippen LogP contribution in [0.5, 0.6) is 0 Å². The minimum atomic E-state index is 0.369. The summed E-state index contributed by atoms with van der Waals surface area (Å²) in [6, 6.07) is 5.96. The number of hydrogen-bond acceptors (Lipinski definition) is 3. The fraction of sp³-hybridized carbons (Fsp3) is 0.0909. The molecule has 0 radical (unpaired) electrons. The van der Waals surface area contributed by atoms with Gasteiger partial charge >= 0.3 is 0 Å². The van der Waals surface area contributed by atoms with Crippen molar-refractivity contribution in [2.24, 2.45) is 0 Å². The van der Waals surface area contributed by atoms with Crippen molar-refractivity contribution >= 4 is 39.0 Å². The van der Waals surface area contributed by atoms with E-state index in [4.69, 9.17) is 11.6 Å². The van der Waals surface area contributed by atoms with Gasteiger partial charge in [-0.25, -0.2) is 4.98 Å². The molecule has 1 aromatic carbocycles. The second-order valence-corrected chi connectivity index (χ2v) is 4.47. The molecule has 1 aromatic heterocycles. The average molecular weight is 299 g/mol. The first-order valence-corrected chi connectivity index (χ1v) is 5.83.